The average molecular weight is 327 g/mol. The van der Waals surface area contributed by atoms with Gasteiger partial charge in [-0.25, -0.2) is 0 Å². The Hall–Kier alpha value is -0.910. The van der Waals surface area contributed by atoms with Gasteiger partial charge in [0.2, 0.25) is 5.91 Å². The van der Waals surface area contributed by atoms with Crippen LogP contribution in [0.4, 0.5) is 0 Å². The fourth-order valence-electron chi connectivity index (χ4n) is 2.21. The molecule has 1 unspecified atom stereocenters. The van der Waals surface area contributed by atoms with E-state index in [0.29, 0.717) is 32.7 Å². The number of ether oxygens (including phenoxy) is 1. The molecule has 0 aromatic heterocycles. The molecule has 0 bridgehead atoms. The summed E-state index contributed by atoms with van der Waals surface area (Å²) >= 11 is 3.53. The maximum Gasteiger partial charge on any atom is 0.222 e. The predicted octanol–water partition coefficient (Wildman–Crippen LogP) is 2.09. The summed E-state index contributed by atoms with van der Waals surface area (Å²) in [5.41, 5.74) is 6.54. The second-order valence-corrected chi connectivity index (χ2v) is 5.47. The highest BCUT2D eigenvalue weighted by molar-refractivity contribution is 9.10. The normalized spacial score (nSPS) is 19.5. The number of rotatable bonds is 4. The molecule has 1 amide bonds. The van der Waals surface area contributed by atoms with Gasteiger partial charge in [0.15, 0.2) is 0 Å². The maximum absolute atomic E-state index is 12.0. The van der Waals surface area contributed by atoms with E-state index >= 15 is 0 Å². The first-order valence-corrected chi connectivity index (χ1v) is 7.35. The third-order valence-electron chi connectivity index (χ3n) is 3.27. The van der Waals surface area contributed by atoms with Crippen molar-refractivity contribution < 1.29 is 9.53 Å². The monoisotopic (exact) mass is 326 g/mol. The molecule has 5 heteroatoms. The zero-order chi connectivity index (χ0) is 13.7. The van der Waals surface area contributed by atoms with Crippen LogP contribution in [0.1, 0.15) is 24.5 Å². The van der Waals surface area contributed by atoms with Gasteiger partial charge in [0.1, 0.15) is 6.10 Å². The van der Waals surface area contributed by atoms with Crippen LogP contribution in [0.2, 0.25) is 0 Å². The van der Waals surface area contributed by atoms with E-state index in [1.807, 2.05) is 29.2 Å². The van der Waals surface area contributed by atoms with Gasteiger partial charge in [0.25, 0.3) is 0 Å². The van der Waals surface area contributed by atoms with Gasteiger partial charge in [0.05, 0.1) is 13.2 Å². The molecular weight excluding hydrogens is 308 g/mol. The average Bonchev–Trinajstić information content (AvgIpc) is 2.45. The van der Waals surface area contributed by atoms with E-state index < -0.39 is 0 Å². The van der Waals surface area contributed by atoms with Crippen LogP contribution in [0, 0.1) is 0 Å². The molecule has 1 heterocycles. The molecule has 4 nitrogen and oxygen atoms in total. The molecule has 1 saturated heterocycles. The van der Waals surface area contributed by atoms with Crippen LogP contribution in [0.5, 0.6) is 0 Å². The zero-order valence-corrected chi connectivity index (χ0v) is 12.4. The number of amides is 1. The maximum atomic E-state index is 12.0. The molecule has 0 radical (unpaired) electrons. The Balaban J connectivity index is 2.01. The zero-order valence-electron chi connectivity index (χ0n) is 10.8. The van der Waals surface area contributed by atoms with Crippen LogP contribution in [0.25, 0.3) is 0 Å². The molecule has 1 aromatic rings. The van der Waals surface area contributed by atoms with E-state index in [1.54, 1.807) is 0 Å². The Labute approximate surface area is 122 Å². The van der Waals surface area contributed by atoms with Crippen molar-refractivity contribution in [2.24, 2.45) is 5.73 Å². The van der Waals surface area contributed by atoms with E-state index in [9.17, 15) is 4.79 Å². The van der Waals surface area contributed by atoms with Crippen molar-refractivity contribution >= 4 is 21.8 Å². The Morgan fingerprint density at radius 1 is 1.47 bits per heavy atom. The molecule has 2 rings (SSSR count). The Kier molecular flexibility index (Phi) is 5.36. The standard InChI is InChI=1S/C14H19BrN2O2/c15-12-5-2-1-4-11(12)13-10-17(8-9-19-13)14(18)6-3-7-16/h1-2,4-5,13H,3,6-10,16H2. The van der Waals surface area contributed by atoms with Crippen molar-refractivity contribution in [1.29, 1.82) is 0 Å². The molecule has 1 aliphatic heterocycles. The minimum atomic E-state index is -0.0499. The molecule has 0 aliphatic carbocycles. The first-order valence-electron chi connectivity index (χ1n) is 6.56. The van der Waals surface area contributed by atoms with Crippen LogP contribution >= 0.6 is 15.9 Å². The third kappa shape index (κ3) is 3.78. The van der Waals surface area contributed by atoms with Gasteiger partial charge in [0, 0.05) is 17.4 Å². The molecule has 0 saturated carbocycles. The summed E-state index contributed by atoms with van der Waals surface area (Å²) in [6.45, 7) is 2.43. The summed E-state index contributed by atoms with van der Waals surface area (Å²) in [6.07, 6.45) is 1.22. The fraction of sp³-hybridized carbons (Fsp3) is 0.500. The van der Waals surface area contributed by atoms with E-state index in [-0.39, 0.29) is 12.0 Å². The van der Waals surface area contributed by atoms with Gasteiger partial charge in [-0.2, -0.15) is 0 Å². The van der Waals surface area contributed by atoms with Gasteiger partial charge in [-0.3, -0.25) is 4.79 Å². The number of nitrogens with zero attached hydrogens (tertiary/aromatic N) is 1. The molecule has 1 aromatic carbocycles. The van der Waals surface area contributed by atoms with Crippen molar-refractivity contribution in [2.45, 2.75) is 18.9 Å². The highest BCUT2D eigenvalue weighted by Crippen LogP contribution is 2.28. The quantitative estimate of drug-likeness (QED) is 0.921. The lowest BCUT2D eigenvalue weighted by molar-refractivity contribution is -0.139. The second-order valence-electron chi connectivity index (χ2n) is 4.61. The van der Waals surface area contributed by atoms with E-state index in [0.717, 1.165) is 16.5 Å². The van der Waals surface area contributed by atoms with Crippen LogP contribution in [-0.2, 0) is 9.53 Å². The van der Waals surface area contributed by atoms with E-state index in [2.05, 4.69) is 15.9 Å². The molecule has 2 N–H and O–H groups in total. The lowest BCUT2D eigenvalue weighted by atomic mass is 10.1. The highest BCUT2D eigenvalue weighted by atomic mass is 79.9. The summed E-state index contributed by atoms with van der Waals surface area (Å²) in [4.78, 5) is 13.9. The summed E-state index contributed by atoms with van der Waals surface area (Å²) < 4.78 is 6.81. The number of hydrogen-bond donors (Lipinski definition) is 1. The van der Waals surface area contributed by atoms with Crippen LogP contribution in [0.3, 0.4) is 0 Å². The van der Waals surface area contributed by atoms with Crippen LogP contribution < -0.4 is 5.73 Å². The summed E-state index contributed by atoms with van der Waals surface area (Å²) in [7, 11) is 0. The minimum absolute atomic E-state index is 0.0499. The van der Waals surface area contributed by atoms with Crippen molar-refractivity contribution in [3.05, 3.63) is 34.3 Å². The van der Waals surface area contributed by atoms with Gasteiger partial charge >= 0.3 is 0 Å². The minimum Gasteiger partial charge on any atom is -0.370 e. The number of carbonyl (C=O) groups is 1. The number of benzene rings is 1. The number of nitrogens with two attached hydrogens (primary N) is 1. The number of carbonyl (C=O) groups excluding carboxylic acids is 1. The molecule has 1 atom stereocenters. The largest absolute Gasteiger partial charge is 0.370 e. The number of morpholine rings is 1. The van der Waals surface area contributed by atoms with E-state index in [4.69, 9.17) is 10.5 Å². The molecule has 1 aliphatic rings. The molecule has 19 heavy (non-hydrogen) atoms. The lowest BCUT2D eigenvalue weighted by Gasteiger charge is -2.33. The Bertz CT molecular complexity index is 439. The fourth-order valence-corrected chi connectivity index (χ4v) is 2.75. The first kappa shape index (κ1) is 14.5. The van der Waals surface area contributed by atoms with Gasteiger partial charge in [-0.15, -0.1) is 0 Å². The molecule has 104 valence electrons. The number of hydrogen-bond acceptors (Lipinski definition) is 3. The Morgan fingerprint density at radius 2 is 2.26 bits per heavy atom. The third-order valence-corrected chi connectivity index (χ3v) is 3.99. The summed E-state index contributed by atoms with van der Waals surface area (Å²) in [5, 5.41) is 0. The van der Waals surface area contributed by atoms with Crippen molar-refractivity contribution in [3.63, 3.8) is 0 Å². The predicted molar refractivity (Wildman–Crippen MR) is 77.7 cm³/mol. The highest BCUT2D eigenvalue weighted by Gasteiger charge is 2.25. The number of halogens is 1. The lowest BCUT2D eigenvalue weighted by Crippen LogP contribution is -2.42. The van der Waals surface area contributed by atoms with Crippen molar-refractivity contribution in [2.75, 3.05) is 26.2 Å². The van der Waals surface area contributed by atoms with Gasteiger partial charge in [-0.1, -0.05) is 34.1 Å². The first-order chi connectivity index (χ1) is 9.22. The second kappa shape index (κ2) is 7.03. The van der Waals surface area contributed by atoms with Gasteiger partial charge in [-0.05, 0) is 24.6 Å². The van der Waals surface area contributed by atoms with Crippen LogP contribution in [-0.4, -0.2) is 37.0 Å². The molecule has 0 spiro atoms. The molecular formula is C14H19BrN2O2. The van der Waals surface area contributed by atoms with Crippen LogP contribution in [0.15, 0.2) is 28.7 Å². The Morgan fingerprint density at radius 3 is 3.00 bits per heavy atom. The SMILES string of the molecule is NCCCC(=O)N1CCOC(c2ccccc2Br)C1. The smallest absolute Gasteiger partial charge is 0.222 e. The van der Waals surface area contributed by atoms with E-state index in [1.165, 1.54) is 0 Å². The molecule has 1 fully saturated rings. The van der Waals surface area contributed by atoms with Crippen molar-refractivity contribution in [1.82, 2.24) is 4.90 Å². The topological polar surface area (TPSA) is 55.6 Å². The van der Waals surface area contributed by atoms with Gasteiger partial charge < -0.3 is 15.4 Å². The summed E-state index contributed by atoms with van der Waals surface area (Å²) in [5.74, 6) is 0.172. The summed E-state index contributed by atoms with van der Waals surface area (Å²) in [6, 6.07) is 7.98. The van der Waals surface area contributed by atoms with Crippen molar-refractivity contribution in [3.8, 4) is 0 Å².